The summed E-state index contributed by atoms with van der Waals surface area (Å²) in [7, 11) is 0. The molecule has 0 atom stereocenters. The maximum atomic E-state index is 5.83. The molecule has 4 nitrogen and oxygen atoms in total. The molecule has 2 rings (SSSR count). The van der Waals surface area contributed by atoms with E-state index in [0.717, 1.165) is 23.5 Å². The van der Waals surface area contributed by atoms with Crippen LogP contribution in [0.1, 0.15) is 17.5 Å². The summed E-state index contributed by atoms with van der Waals surface area (Å²) >= 11 is 1.89. The summed E-state index contributed by atoms with van der Waals surface area (Å²) in [4.78, 5) is 0. The van der Waals surface area contributed by atoms with Gasteiger partial charge in [-0.15, -0.1) is 0 Å². The van der Waals surface area contributed by atoms with E-state index in [0.29, 0.717) is 33.0 Å². The quantitative estimate of drug-likeness (QED) is 0.373. The molecule has 2 aromatic rings. The van der Waals surface area contributed by atoms with Crippen LogP contribution in [0.25, 0.3) is 0 Å². The van der Waals surface area contributed by atoms with Gasteiger partial charge in [-0.05, 0) is 31.5 Å². The SMILES string of the molecule is Cc1ccc(OCc2ccccc2OCCOCCCOI)cc1. The van der Waals surface area contributed by atoms with Crippen LogP contribution in [-0.4, -0.2) is 26.4 Å². The Morgan fingerprint density at radius 1 is 0.833 bits per heavy atom. The number of hydrogen-bond acceptors (Lipinski definition) is 4. The van der Waals surface area contributed by atoms with E-state index >= 15 is 0 Å². The van der Waals surface area contributed by atoms with E-state index in [1.54, 1.807) is 0 Å². The summed E-state index contributed by atoms with van der Waals surface area (Å²) in [5, 5.41) is 0. The molecule has 24 heavy (non-hydrogen) atoms. The van der Waals surface area contributed by atoms with Gasteiger partial charge in [0, 0.05) is 12.2 Å². The first-order valence-electron chi connectivity index (χ1n) is 8.01. The van der Waals surface area contributed by atoms with Crippen LogP contribution in [0.4, 0.5) is 0 Å². The van der Waals surface area contributed by atoms with Crippen LogP contribution in [0, 0.1) is 6.92 Å². The van der Waals surface area contributed by atoms with Crippen LogP contribution in [-0.2, 0) is 14.4 Å². The van der Waals surface area contributed by atoms with Gasteiger partial charge in [-0.1, -0.05) is 35.9 Å². The van der Waals surface area contributed by atoms with Crippen LogP contribution < -0.4 is 9.47 Å². The highest BCUT2D eigenvalue weighted by Crippen LogP contribution is 2.21. The second-order valence-corrected chi connectivity index (χ2v) is 5.96. The maximum Gasteiger partial charge on any atom is 0.126 e. The molecule has 0 amide bonds. The Labute approximate surface area is 157 Å². The molecular formula is C19H23IO4. The maximum absolute atomic E-state index is 5.83. The average Bonchev–Trinajstić information content (AvgIpc) is 2.61. The van der Waals surface area contributed by atoms with E-state index in [9.17, 15) is 0 Å². The van der Waals surface area contributed by atoms with E-state index in [1.807, 2.05) is 71.5 Å². The van der Waals surface area contributed by atoms with E-state index in [-0.39, 0.29) is 0 Å². The molecule has 0 aromatic heterocycles. The fourth-order valence-electron chi connectivity index (χ4n) is 2.09. The van der Waals surface area contributed by atoms with Gasteiger partial charge in [0.2, 0.25) is 0 Å². The smallest absolute Gasteiger partial charge is 0.126 e. The van der Waals surface area contributed by atoms with Crippen molar-refractivity contribution in [1.82, 2.24) is 0 Å². The van der Waals surface area contributed by atoms with Crippen molar-refractivity contribution in [3.63, 3.8) is 0 Å². The molecule has 0 saturated heterocycles. The third-order valence-corrected chi connectivity index (χ3v) is 3.82. The largest absolute Gasteiger partial charge is 0.491 e. The number of hydrogen-bond donors (Lipinski definition) is 0. The van der Waals surface area contributed by atoms with Gasteiger partial charge < -0.3 is 17.3 Å². The first-order valence-corrected chi connectivity index (χ1v) is 8.89. The summed E-state index contributed by atoms with van der Waals surface area (Å²) in [6, 6.07) is 16.0. The van der Waals surface area contributed by atoms with Crippen LogP contribution in [0.3, 0.4) is 0 Å². The zero-order valence-electron chi connectivity index (χ0n) is 13.9. The van der Waals surface area contributed by atoms with E-state index in [4.69, 9.17) is 17.3 Å². The Balaban J connectivity index is 1.76. The highest BCUT2D eigenvalue weighted by atomic mass is 127. The van der Waals surface area contributed by atoms with Gasteiger partial charge in [0.1, 0.15) is 47.7 Å². The number of benzene rings is 2. The third-order valence-electron chi connectivity index (χ3n) is 3.38. The van der Waals surface area contributed by atoms with E-state index < -0.39 is 0 Å². The number of ether oxygens (including phenoxy) is 3. The summed E-state index contributed by atoms with van der Waals surface area (Å²) in [5.74, 6) is 1.69. The molecule has 0 fully saturated rings. The predicted octanol–water partition coefficient (Wildman–Crippen LogP) is 4.73. The molecule has 0 aliphatic carbocycles. The fourth-order valence-corrected chi connectivity index (χ4v) is 2.40. The molecule has 0 N–H and O–H groups in total. The number of aryl methyl sites for hydroxylation is 1. The molecule has 0 radical (unpaired) electrons. The van der Waals surface area contributed by atoms with Crippen molar-refractivity contribution in [3.05, 3.63) is 59.7 Å². The normalized spacial score (nSPS) is 10.6. The highest BCUT2D eigenvalue weighted by molar-refractivity contribution is 14.1. The third kappa shape index (κ3) is 7.07. The minimum absolute atomic E-state index is 0.479. The Morgan fingerprint density at radius 2 is 1.62 bits per heavy atom. The van der Waals surface area contributed by atoms with Gasteiger partial charge in [0.15, 0.2) is 0 Å². The van der Waals surface area contributed by atoms with Crippen molar-refractivity contribution in [3.8, 4) is 11.5 Å². The number of halogens is 1. The molecule has 0 spiro atoms. The summed E-state index contributed by atoms with van der Waals surface area (Å²) in [5.41, 5.74) is 2.24. The molecule has 0 saturated carbocycles. The second kappa shape index (κ2) is 11.3. The van der Waals surface area contributed by atoms with Crippen molar-refractivity contribution in [2.75, 3.05) is 26.4 Å². The van der Waals surface area contributed by atoms with E-state index in [2.05, 4.69) is 6.92 Å². The van der Waals surface area contributed by atoms with Gasteiger partial charge in [-0.2, -0.15) is 0 Å². The lowest BCUT2D eigenvalue weighted by Crippen LogP contribution is -2.09. The molecule has 130 valence electrons. The van der Waals surface area contributed by atoms with Gasteiger partial charge in [-0.25, -0.2) is 0 Å². The molecule has 2 aromatic carbocycles. The summed E-state index contributed by atoms with van der Waals surface area (Å²) in [6.45, 7) is 5.02. The summed E-state index contributed by atoms with van der Waals surface area (Å²) < 4.78 is 22.1. The second-order valence-electron chi connectivity index (χ2n) is 5.34. The Kier molecular flexibility index (Phi) is 8.94. The van der Waals surface area contributed by atoms with Crippen LogP contribution in [0.2, 0.25) is 0 Å². The van der Waals surface area contributed by atoms with Crippen LogP contribution in [0.15, 0.2) is 48.5 Å². The lowest BCUT2D eigenvalue weighted by molar-refractivity contribution is 0.0928. The molecule has 0 heterocycles. The van der Waals surface area contributed by atoms with Crippen molar-refractivity contribution in [1.29, 1.82) is 0 Å². The minimum Gasteiger partial charge on any atom is -0.491 e. The van der Waals surface area contributed by atoms with Gasteiger partial charge in [-0.3, -0.25) is 0 Å². The molecular weight excluding hydrogens is 419 g/mol. The van der Waals surface area contributed by atoms with Gasteiger partial charge in [0.05, 0.1) is 13.2 Å². The molecule has 0 aliphatic rings. The zero-order valence-corrected chi connectivity index (χ0v) is 16.0. The van der Waals surface area contributed by atoms with Gasteiger partial charge >= 0.3 is 0 Å². The summed E-state index contributed by atoms with van der Waals surface area (Å²) in [6.07, 6.45) is 0.893. The molecule has 5 heteroatoms. The Hall–Kier alpha value is -1.31. The number of para-hydroxylation sites is 1. The van der Waals surface area contributed by atoms with Gasteiger partial charge in [0.25, 0.3) is 0 Å². The Morgan fingerprint density at radius 3 is 2.42 bits per heavy atom. The lowest BCUT2D eigenvalue weighted by atomic mass is 10.2. The van der Waals surface area contributed by atoms with Crippen LogP contribution in [0.5, 0.6) is 11.5 Å². The average molecular weight is 442 g/mol. The van der Waals surface area contributed by atoms with Crippen molar-refractivity contribution < 1.29 is 17.3 Å². The fraction of sp³-hybridized carbons (Fsp3) is 0.368. The first-order chi connectivity index (χ1) is 11.8. The van der Waals surface area contributed by atoms with Crippen molar-refractivity contribution >= 4 is 23.0 Å². The van der Waals surface area contributed by atoms with E-state index in [1.165, 1.54) is 5.56 Å². The molecule has 0 bridgehead atoms. The lowest BCUT2D eigenvalue weighted by Gasteiger charge is -2.13. The monoisotopic (exact) mass is 442 g/mol. The topological polar surface area (TPSA) is 36.9 Å². The van der Waals surface area contributed by atoms with Crippen LogP contribution >= 0.6 is 23.0 Å². The number of rotatable bonds is 11. The zero-order chi connectivity index (χ0) is 17.0. The Bertz CT molecular complexity index is 586. The standard InChI is InChI=1S/C19H23IO4/c1-16-7-9-18(10-8-16)23-15-17-5-2-3-6-19(17)22-14-13-21-11-4-12-24-20/h2-3,5-10H,4,11-15H2,1H3. The first kappa shape index (κ1) is 19.0. The van der Waals surface area contributed by atoms with Crippen molar-refractivity contribution in [2.24, 2.45) is 0 Å². The van der Waals surface area contributed by atoms with Crippen molar-refractivity contribution in [2.45, 2.75) is 20.0 Å². The molecule has 0 unspecified atom stereocenters. The molecule has 0 aliphatic heterocycles. The minimum atomic E-state index is 0.479. The predicted molar refractivity (Wildman–Crippen MR) is 103 cm³/mol. The highest BCUT2D eigenvalue weighted by Gasteiger charge is 2.04.